The van der Waals surface area contributed by atoms with Crippen molar-refractivity contribution in [3.63, 3.8) is 0 Å². The van der Waals surface area contributed by atoms with Gasteiger partial charge in [-0.1, -0.05) is 0 Å². The summed E-state index contributed by atoms with van der Waals surface area (Å²) in [6.45, 7) is 2.14. The number of nitrogens with two attached hydrogens (primary N) is 1. The SMILES string of the molecule is [2H]C([2H])([2H])Oc1cc(C)c(CCN)cc1OC([2H])([2H])[2H]. The van der Waals surface area contributed by atoms with Crippen LogP contribution >= 0.6 is 0 Å². The van der Waals surface area contributed by atoms with Gasteiger partial charge in [-0.3, -0.25) is 0 Å². The van der Waals surface area contributed by atoms with Crippen LogP contribution in [0.25, 0.3) is 0 Å². The number of hydrogen-bond donors (Lipinski definition) is 1. The fraction of sp³-hybridized carbons (Fsp3) is 0.455. The van der Waals surface area contributed by atoms with Gasteiger partial charge in [-0.25, -0.2) is 0 Å². The molecule has 3 nitrogen and oxygen atoms in total. The highest BCUT2D eigenvalue weighted by molar-refractivity contribution is 5.47. The maximum atomic E-state index is 7.11. The summed E-state index contributed by atoms with van der Waals surface area (Å²) >= 11 is 0. The molecule has 14 heavy (non-hydrogen) atoms. The number of aryl methyl sites for hydroxylation is 1. The Morgan fingerprint density at radius 1 is 1.29 bits per heavy atom. The number of benzene rings is 1. The fourth-order valence-electron chi connectivity index (χ4n) is 1.29. The second-order valence-corrected chi connectivity index (χ2v) is 2.97. The molecule has 78 valence electrons. The lowest BCUT2D eigenvalue weighted by atomic mass is 10.0. The molecular formula is C11H17NO2. The van der Waals surface area contributed by atoms with Crippen LogP contribution in [0.3, 0.4) is 0 Å². The molecule has 3 heteroatoms. The van der Waals surface area contributed by atoms with Gasteiger partial charge in [0, 0.05) is 0 Å². The van der Waals surface area contributed by atoms with E-state index in [1.807, 2.05) is 0 Å². The van der Waals surface area contributed by atoms with E-state index in [4.69, 9.17) is 23.4 Å². The van der Waals surface area contributed by atoms with E-state index >= 15 is 0 Å². The Morgan fingerprint density at radius 2 is 1.93 bits per heavy atom. The molecule has 0 aliphatic carbocycles. The van der Waals surface area contributed by atoms with Gasteiger partial charge in [-0.15, -0.1) is 0 Å². The minimum atomic E-state index is -2.69. The van der Waals surface area contributed by atoms with Crippen molar-refractivity contribution in [3.8, 4) is 11.5 Å². The summed E-state index contributed by atoms with van der Waals surface area (Å²) < 4.78 is 52.2. The predicted octanol–water partition coefficient (Wildman–Crippen LogP) is 1.51. The molecule has 1 aromatic rings. The Balaban J connectivity index is 3.22. The maximum Gasteiger partial charge on any atom is 0.161 e. The summed E-state index contributed by atoms with van der Waals surface area (Å²) in [7, 11) is -5.38. The highest BCUT2D eigenvalue weighted by atomic mass is 16.5. The molecule has 0 aliphatic rings. The first kappa shape index (κ1) is 5.03. The molecular weight excluding hydrogens is 178 g/mol. The molecule has 0 bridgehead atoms. The van der Waals surface area contributed by atoms with Gasteiger partial charge >= 0.3 is 0 Å². The van der Waals surface area contributed by atoms with Crippen molar-refractivity contribution < 1.29 is 17.7 Å². The van der Waals surface area contributed by atoms with Crippen molar-refractivity contribution >= 4 is 0 Å². The van der Waals surface area contributed by atoms with Crippen molar-refractivity contribution in [1.82, 2.24) is 0 Å². The Bertz CT molecular complexity index is 469. The Hall–Kier alpha value is -1.22. The second kappa shape index (κ2) is 4.86. The van der Waals surface area contributed by atoms with Gasteiger partial charge in [0.25, 0.3) is 0 Å². The third kappa shape index (κ3) is 2.17. The van der Waals surface area contributed by atoms with Crippen molar-refractivity contribution in [2.75, 3.05) is 20.6 Å². The van der Waals surface area contributed by atoms with Gasteiger partial charge in [0.1, 0.15) is 0 Å². The molecule has 1 aromatic carbocycles. The molecule has 2 N–H and O–H groups in total. The van der Waals surface area contributed by atoms with Crippen LogP contribution < -0.4 is 15.2 Å². The third-order valence-corrected chi connectivity index (χ3v) is 2.04. The summed E-state index contributed by atoms with van der Waals surface area (Å²) in [6, 6.07) is 2.90. The van der Waals surface area contributed by atoms with Crippen LogP contribution in [-0.2, 0) is 6.42 Å². The lowest BCUT2D eigenvalue weighted by Gasteiger charge is -2.11. The lowest BCUT2D eigenvalue weighted by molar-refractivity contribution is 0.354. The monoisotopic (exact) mass is 201 g/mol. The topological polar surface area (TPSA) is 44.5 Å². The van der Waals surface area contributed by atoms with Gasteiger partial charge in [-0.2, -0.15) is 0 Å². The lowest BCUT2D eigenvalue weighted by Crippen LogP contribution is -2.05. The van der Waals surface area contributed by atoms with Crippen LogP contribution in [0.5, 0.6) is 11.5 Å². The highest BCUT2D eigenvalue weighted by Crippen LogP contribution is 2.30. The van der Waals surface area contributed by atoms with Gasteiger partial charge in [0.05, 0.1) is 22.3 Å². The predicted molar refractivity (Wildman–Crippen MR) is 57.0 cm³/mol. The van der Waals surface area contributed by atoms with Crippen LogP contribution in [0, 0.1) is 6.92 Å². The molecule has 0 saturated heterocycles. The first-order valence-corrected chi connectivity index (χ1v) is 4.23. The molecule has 0 saturated carbocycles. The van der Waals surface area contributed by atoms with E-state index < -0.39 is 14.1 Å². The molecule has 0 atom stereocenters. The normalized spacial score (nSPS) is 18.1. The molecule has 0 spiro atoms. The minimum absolute atomic E-state index is 0.126. The summed E-state index contributed by atoms with van der Waals surface area (Å²) in [5.74, 6) is -0.255. The van der Waals surface area contributed by atoms with Gasteiger partial charge in [0.15, 0.2) is 11.5 Å². The molecule has 0 aromatic heterocycles. The smallest absolute Gasteiger partial charge is 0.161 e. The van der Waals surface area contributed by atoms with Crippen LogP contribution in [-0.4, -0.2) is 20.6 Å². The summed E-state index contributed by atoms with van der Waals surface area (Å²) in [5, 5.41) is 0. The van der Waals surface area contributed by atoms with E-state index in [1.165, 1.54) is 12.1 Å². The van der Waals surface area contributed by atoms with E-state index in [-0.39, 0.29) is 11.5 Å². The van der Waals surface area contributed by atoms with Crippen LogP contribution in [0.1, 0.15) is 19.4 Å². The molecule has 0 unspecified atom stereocenters. The van der Waals surface area contributed by atoms with Crippen molar-refractivity contribution in [2.45, 2.75) is 13.3 Å². The quantitative estimate of drug-likeness (QED) is 0.803. The van der Waals surface area contributed by atoms with Gasteiger partial charge in [0.2, 0.25) is 0 Å². The first-order chi connectivity index (χ1) is 9.02. The Morgan fingerprint density at radius 3 is 2.50 bits per heavy atom. The van der Waals surface area contributed by atoms with Crippen LogP contribution in [0.2, 0.25) is 0 Å². The number of rotatable bonds is 4. The van der Waals surface area contributed by atoms with E-state index in [0.717, 1.165) is 11.1 Å². The van der Waals surface area contributed by atoms with Gasteiger partial charge in [-0.05, 0) is 43.1 Å². The molecule has 0 aliphatic heterocycles. The maximum absolute atomic E-state index is 7.11. The molecule has 0 radical (unpaired) electrons. The van der Waals surface area contributed by atoms with E-state index in [9.17, 15) is 0 Å². The average Bonchev–Trinajstić information content (AvgIpc) is 2.20. The summed E-state index contributed by atoms with van der Waals surface area (Å²) in [4.78, 5) is 0. The highest BCUT2D eigenvalue weighted by Gasteiger charge is 2.07. The Labute approximate surface area is 93.3 Å². The van der Waals surface area contributed by atoms with Crippen molar-refractivity contribution in [1.29, 1.82) is 0 Å². The van der Waals surface area contributed by atoms with E-state index in [2.05, 4.69) is 0 Å². The first-order valence-electron chi connectivity index (χ1n) is 7.23. The van der Waals surface area contributed by atoms with Crippen LogP contribution in [0.4, 0.5) is 0 Å². The van der Waals surface area contributed by atoms with E-state index in [1.54, 1.807) is 6.92 Å². The van der Waals surface area contributed by atoms with Crippen molar-refractivity contribution in [3.05, 3.63) is 23.3 Å². The fourth-order valence-corrected chi connectivity index (χ4v) is 1.29. The standard InChI is InChI=1S/C11H17NO2/c1-8-6-10(13-2)11(14-3)7-9(8)4-5-12/h6-7H,4-5,12H2,1-3H3/i2D3,3D3. The molecule has 0 fully saturated rings. The van der Waals surface area contributed by atoms with Gasteiger partial charge < -0.3 is 15.2 Å². The van der Waals surface area contributed by atoms with E-state index in [0.29, 0.717) is 13.0 Å². The third-order valence-electron chi connectivity index (χ3n) is 2.04. The zero-order valence-electron chi connectivity index (χ0n) is 14.0. The number of methoxy groups -OCH3 is 2. The number of hydrogen-bond acceptors (Lipinski definition) is 3. The molecule has 0 heterocycles. The minimum Gasteiger partial charge on any atom is -0.493 e. The summed E-state index contributed by atoms with van der Waals surface area (Å²) in [5.41, 5.74) is 7.01. The summed E-state index contributed by atoms with van der Waals surface area (Å²) in [6.07, 6.45) is 0.525. The zero-order valence-corrected chi connectivity index (χ0v) is 7.96. The van der Waals surface area contributed by atoms with Crippen LogP contribution in [0.15, 0.2) is 12.1 Å². The number of ether oxygens (including phenoxy) is 2. The molecule has 0 amide bonds. The molecule has 1 rings (SSSR count). The Kier molecular flexibility index (Phi) is 1.75. The van der Waals surface area contributed by atoms with Crippen molar-refractivity contribution in [2.24, 2.45) is 5.73 Å². The zero-order chi connectivity index (χ0) is 15.6. The largest absolute Gasteiger partial charge is 0.493 e. The second-order valence-electron chi connectivity index (χ2n) is 2.97. The average molecular weight is 201 g/mol.